The molecule has 0 aromatic carbocycles. The van der Waals surface area contributed by atoms with Gasteiger partial charge in [-0.3, -0.25) is 0 Å². The van der Waals surface area contributed by atoms with E-state index in [1.807, 2.05) is 0 Å². The maximum Gasteiger partial charge on any atom is 0.0135 e. The minimum atomic E-state index is 0.685. The number of rotatable bonds is 7. The van der Waals surface area contributed by atoms with E-state index in [-0.39, 0.29) is 0 Å². The molecule has 0 aromatic rings. The van der Waals surface area contributed by atoms with E-state index >= 15 is 0 Å². The molecular formula is C15H29N. The van der Waals surface area contributed by atoms with E-state index in [0.29, 0.717) is 6.04 Å². The zero-order valence-corrected chi connectivity index (χ0v) is 11.4. The summed E-state index contributed by atoms with van der Waals surface area (Å²) in [5, 5.41) is 3.75. The summed E-state index contributed by atoms with van der Waals surface area (Å²) in [5.41, 5.74) is 1.41. The zero-order valence-electron chi connectivity index (χ0n) is 11.4. The maximum absolute atomic E-state index is 4.18. The van der Waals surface area contributed by atoms with Crippen LogP contribution in [0, 0.1) is 11.8 Å². The molecule has 0 heterocycles. The van der Waals surface area contributed by atoms with Gasteiger partial charge in [-0.2, -0.15) is 0 Å². The van der Waals surface area contributed by atoms with Crippen molar-refractivity contribution in [2.45, 2.75) is 65.3 Å². The molecule has 16 heavy (non-hydrogen) atoms. The predicted molar refractivity (Wildman–Crippen MR) is 72.6 cm³/mol. The van der Waals surface area contributed by atoms with Crippen LogP contribution in [0.1, 0.15) is 59.3 Å². The van der Waals surface area contributed by atoms with Crippen LogP contribution < -0.4 is 5.32 Å². The highest BCUT2D eigenvalue weighted by Crippen LogP contribution is 2.35. The second-order valence-electron chi connectivity index (χ2n) is 5.44. The van der Waals surface area contributed by atoms with E-state index in [9.17, 15) is 0 Å². The summed E-state index contributed by atoms with van der Waals surface area (Å²) in [6, 6.07) is 0.685. The fourth-order valence-electron chi connectivity index (χ4n) is 2.93. The molecule has 1 aliphatic rings. The molecule has 1 nitrogen and oxygen atoms in total. The Morgan fingerprint density at radius 1 is 1.38 bits per heavy atom. The highest BCUT2D eigenvalue weighted by molar-refractivity contribution is 4.99. The van der Waals surface area contributed by atoms with Crippen LogP contribution in [-0.2, 0) is 0 Å². The van der Waals surface area contributed by atoms with Crippen molar-refractivity contribution in [3.05, 3.63) is 12.2 Å². The SMILES string of the molecule is C=C(CC)CC(NCCC)C1CCCC1C. The van der Waals surface area contributed by atoms with Crippen molar-refractivity contribution in [2.24, 2.45) is 11.8 Å². The number of hydrogen-bond acceptors (Lipinski definition) is 1. The Labute approximate surface area is 102 Å². The van der Waals surface area contributed by atoms with E-state index in [1.165, 1.54) is 37.7 Å². The van der Waals surface area contributed by atoms with Crippen LogP contribution in [0.5, 0.6) is 0 Å². The molecule has 0 radical (unpaired) electrons. The number of nitrogens with one attached hydrogen (secondary N) is 1. The minimum absolute atomic E-state index is 0.685. The molecule has 1 fully saturated rings. The lowest BCUT2D eigenvalue weighted by Crippen LogP contribution is -2.38. The van der Waals surface area contributed by atoms with Gasteiger partial charge >= 0.3 is 0 Å². The van der Waals surface area contributed by atoms with Gasteiger partial charge in [0.1, 0.15) is 0 Å². The van der Waals surface area contributed by atoms with Crippen LogP contribution in [0.4, 0.5) is 0 Å². The second-order valence-corrected chi connectivity index (χ2v) is 5.44. The molecule has 94 valence electrons. The summed E-state index contributed by atoms with van der Waals surface area (Å²) in [4.78, 5) is 0. The third kappa shape index (κ3) is 3.93. The first kappa shape index (κ1) is 13.8. The fraction of sp³-hybridized carbons (Fsp3) is 0.867. The molecule has 1 rings (SSSR count). The lowest BCUT2D eigenvalue weighted by molar-refractivity contribution is 0.294. The van der Waals surface area contributed by atoms with Gasteiger partial charge in [0.15, 0.2) is 0 Å². The largest absolute Gasteiger partial charge is 0.313 e. The first-order chi connectivity index (χ1) is 7.69. The van der Waals surface area contributed by atoms with Gasteiger partial charge in [-0.05, 0) is 44.1 Å². The van der Waals surface area contributed by atoms with Crippen molar-refractivity contribution in [1.29, 1.82) is 0 Å². The maximum atomic E-state index is 4.18. The monoisotopic (exact) mass is 223 g/mol. The minimum Gasteiger partial charge on any atom is -0.313 e. The summed E-state index contributed by atoms with van der Waals surface area (Å²) in [5.74, 6) is 1.79. The average molecular weight is 223 g/mol. The van der Waals surface area contributed by atoms with Crippen molar-refractivity contribution in [1.82, 2.24) is 5.32 Å². The van der Waals surface area contributed by atoms with Gasteiger partial charge in [0.25, 0.3) is 0 Å². The van der Waals surface area contributed by atoms with Gasteiger partial charge in [0.2, 0.25) is 0 Å². The Morgan fingerprint density at radius 3 is 2.62 bits per heavy atom. The molecule has 0 aliphatic heterocycles. The fourth-order valence-corrected chi connectivity index (χ4v) is 2.93. The quantitative estimate of drug-likeness (QED) is 0.639. The van der Waals surface area contributed by atoms with E-state index in [4.69, 9.17) is 0 Å². The van der Waals surface area contributed by atoms with Gasteiger partial charge in [-0.25, -0.2) is 0 Å². The standard InChI is InChI=1S/C15H29N/c1-5-10-16-15(11-12(3)6-2)14-9-7-8-13(14)4/h13-16H,3,5-11H2,1-2,4H3. The van der Waals surface area contributed by atoms with Crippen molar-refractivity contribution < 1.29 is 0 Å². The Balaban J connectivity index is 2.51. The summed E-state index contributed by atoms with van der Waals surface area (Å²) >= 11 is 0. The summed E-state index contributed by atoms with van der Waals surface area (Å²) < 4.78 is 0. The molecule has 0 saturated heterocycles. The molecule has 0 spiro atoms. The average Bonchev–Trinajstić information content (AvgIpc) is 2.70. The summed E-state index contributed by atoms with van der Waals surface area (Å²) in [6.07, 6.45) is 7.81. The van der Waals surface area contributed by atoms with Crippen LogP contribution in [0.2, 0.25) is 0 Å². The second kappa shape index (κ2) is 7.11. The first-order valence-corrected chi connectivity index (χ1v) is 7.09. The van der Waals surface area contributed by atoms with Crippen LogP contribution in [0.25, 0.3) is 0 Å². The molecule has 1 saturated carbocycles. The van der Waals surface area contributed by atoms with Gasteiger partial charge in [0, 0.05) is 6.04 Å². The van der Waals surface area contributed by atoms with E-state index in [0.717, 1.165) is 24.8 Å². The lowest BCUT2D eigenvalue weighted by atomic mass is 9.86. The van der Waals surface area contributed by atoms with Crippen LogP contribution in [0.15, 0.2) is 12.2 Å². The molecule has 0 amide bonds. The van der Waals surface area contributed by atoms with Crippen molar-refractivity contribution in [2.75, 3.05) is 6.54 Å². The Kier molecular flexibility index (Phi) is 6.12. The van der Waals surface area contributed by atoms with E-state index in [1.54, 1.807) is 0 Å². The van der Waals surface area contributed by atoms with Gasteiger partial charge < -0.3 is 5.32 Å². The first-order valence-electron chi connectivity index (χ1n) is 7.09. The van der Waals surface area contributed by atoms with Gasteiger partial charge in [-0.15, -0.1) is 0 Å². The highest BCUT2D eigenvalue weighted by Gasteiger charge is 2.30. The van der Waals surface area contributed by atoms with Crippen molar-refractivity contribution in [3.63, 3.8) is 0 Å². The zero-order chi connectivity index (χ0) is 12.0. The Bertz CT molecular complexity index is 209. The van der Waals surface area contributed by atoms with Crippen molar-refractivity contribution >= 4 is 0 Å². The normalized spacial score (nSPS) is 26.9. The van der Waals surface area contributed by atoms with Crippen LogP contribution >= 0.6 is 0 Å². The van der Waals surface area contributed by atoms with E-state index < -0.39 is 0 Å². The number of hydrogen-bond donors (Lipinski definition) is 1. The third-order valence-corrected chi connectivity index (χ3v) is 4.11. The summed E-state index contributed by atoms with van der Waals surface area (Å²) in [7, 11) is 0. The molecule has 3 unspecified atom stereocenters. The van der Waals surface area contributed by atoms with Crippen LogP contribution in [-0.4, -0.2) is 12.6 Å². The topological polar surface area (TPSA) is 12.0 Å². The smallest absolute Gasteiger partial charge is 0.0135 e. The van der Waals surface area contributed by atoms with Gasteiger partial charge in [-0.1, -0.05) is 45.8 Å². The molecule has 0 aromatic heterocycles. The van der Waals surface area contributed by atoms with E-state index in [2.05, 4.69) is 32.7 Å². The molecule has 1 N–H and O–H groups in total. The molecule has 1 aliphatic carbocycles. The van der Waals surface area contributed by atoms with Gasteiger partial charge in [0.05, 0.1) is 0 Å². The Morgan fingerprint density at radius 2 is 2.12 bits per heavy atom. The molecule has 3 atom stereocenters. The highest BCUT2D eigenvalue weighted by atomic mass is 14.9. The molecule has 1 heteroatoms. The molecular weight excluding hydrogens is 194 g/mol. The Hall–Kier alpha value is -0.300. The van der Waals surface area contributed by atoms with Crippen molar-refractivity contribution in [3.8, 4) is 0 Å². The molecule has 0 bridgehead atoms. The lowest BCUT2D eigenvalue weighted by Gasteiger charge is -2.28. The predicted octanol–water partition coefficient (Wildman–Crippen LogP) is 4.15. The third-order valence-electron chi connectivity index (χ3n) is 4.11. The van der Waals surface area contributed by atoms with Crippen LogP contribution in [0.3, 0.4) is 0 Å². The summed E-state index contributed by atoms with van der Waals surface area (Å²) in [6.45, 7) is 12.2.